The van der Waals surface area contributed by atoms with E-state index in [2.05, 4.69) is 23.3 Å². The molecule has 1 atom stereocenters. The van der Waals surface area contributed by atoms with Crippen molar-refractivity contribution in [3.05, 3.63) is 21.9 Å². The van der Waals surface area contributed by atoms with Crippen LogP contribution >= 0.6 is 11.3 Å². The van der Waals surface area contributed by atoms with Crippen LogP contribution in [0.4, 0.5) is 0 Å². The monoisotopic (exact) mass is 278 g/mol. The van der Waals surface area contributed by atoms with E-state index in [9.17, 15) is 0 Å². The Morgan fingerprint density at radius 3 is 2.89 bits per heavy atom. The fourth-order valence-electron chi connectivity index (χ4n) is 3.94. The maximum absolute atomic E-state index is 6.15. The van der Waals surface area contributed by atoms with Crippen molar-refractivity contribution in [3.63, 3.8) is 0 Å². The molecule has 106 valence electrons. The summed E-state index contributed by atoms with van der Waals surface area (Å²) in [4.78, 5) is 4.29. The van der Waals surface area contributed by atoms with E-state index in [0.717, 1.165) is 6.54 Å². The van der Waals surface area contributed by atoms with Crippen LogP contribution in [0.25, 0.3) is 0 Å². The summed E-state index contributed by atoms with van der Waals surface area (Å²) in [6.45, 7) is 5.67. The van der Waals surface area contributed by atoms with Crippen LogP contribution in [0.5, 0.6) is 0 Å². The Labute approximate surface area is 121 Å². The summed E-state index contributed by atoms with van der Waals surface area (Å²) in [5.41, 5.74) is 8.12. The molecule has 0 amide bonds. The third kappa shape index (κ3) is 2.61. The second-order valence-corrected chi connectivity index (χ2v) is 7.46. The Hall–Kier alpha value is -0.380. The molecule has 0 bridgehead atoms. The molecule has 1 aromatic heterocycles. The highest BCUT2D eigenvalue weighted by atomic mass is 32.1. The van der Waals surface area contributed by atoms with Crippen LogP contribution < -0.4 is 5.73 Å². The number of hydrogen-bond acceptors (Lipinski definition) is 3. The minimum absolute atomic E-state index is 0.403. The Bertz CT molecular complexity index is 420. The van der Waals surface area contributed by atoms with Gasteiger partial charge in [0.25, 0.3) is 0 Å². The van der Waals surface area contributed by atoms with E-state index < -0.39 is 0 Å². The highest BCUT2D eigenvalue weighted by Gasteiger charge is 2.35. The van der Waals surface area contributed by atoms with E-state index in [-0.39, 0.29) is 0 Å². The lowest BCUT2D eigenvalue weighted by molar-refractivity contribution is 0.0815. The van der Waals surface area contributed by atoms with Gasteiger partial charge in [-0.1, -0.05) is 19.3 Å². The molecule has 2 N–H and O–H groups in total. The van der Waals surface area contributed by atoms with Crippen molar-refractivity contribution in [2.24, 2.45) is 11.1 Å². The van der Waals surface area contributed by atoms with E-state index in [1.54, 1.807) is 10.4 Å². The smallest absolute Gasteiger partial charge is 0.0331 e. The van der Waals surface area contributed by atoms with Crippen molar-refractivity contribution in [2.75, 3.05) is 19.6 Å². The lowest BCUT2D eigenvalue weighted by Gasteiger charge is -2.44. The molecular weight excluding hydrogens is 252 g/mol. The topological polar surface area (TPSA) is 29.3 Å². The van der Waals surface area contributed by atoms with Crippen molar-refractivity contribution in [3.8, 4) is 0 Å². The highest BCUT2D eigenvalue weighted by molar-refractivity contribution is 7.10. The van der Waals surface area contributed by atoms with Gasteiger partial charge in [-0.2, -0.15) is 0 Å². The normalized spacial score (nSPS) is 27.2. The van der Waals surface area contributed by atoms with Crippen molar-refractivity contribution >= 4 is 11.3 Å². The fraction of sp³-hybridized carbons (Fsp3) is 0.750. The van der Waals surface area contributed by atoms with E-state index in [0.29, 0.717) is 11.5 Å². The molecule has 1 fully saturated rings. The molecule has 2 aliphatic rings. The second kappa shape index (κ2) is 5.55. The molecule has 0 radical (unpaired) electrons. The van der Waals surface area contributed by atoms with Gasteiger partial charge in [-0.25, -0.2) is 0 Å². The summed E-state index contributed by atoms with van der Waals surface area (Å²) in [5, 5.41) is 2.25. The summed E-state index contributed by atoms with van der Waals surface area (Å²) in [6.07, 6.45) is 8.07. The van der Waals surface area contributed by atoms with Gasteiger partial charge in [0.05, 0.1) is 0 Å². The molecule has 0 spiro atoms. The minimum Gasteiger partial charge on any atom is -0.330 e. The lowest BCUT2D eigenvalue weighted by Crippen LogP contribution is -2.46. The Morgan fingerprint density at radius 2 is 2.16 bits per heavy atom. The second-order valence-electron chi connectivity index (χ2n) is 6.46. The van der Waals surface area contributed by atoms with Crippen molar-refractivity contribution in [2.45, 2.75) is 51.5 Å². The molecule has 3 rings (SSSR count). The van der Waals surface area contributed by atoms with Gasteiger partial charge in [0.2, 0.25) is 0 Å². The third-order valence-corrected chi connectivity index (χ3v) is 6.29. The van der Waals surface area contributed by atoms with Crippen LogP contribution in [-0.2, 0) is 6.42 Å². The molecule has 1 aliphatic heterocycles. The van der Waals surface area contributed by atoms with Crippen molar-refractivity contribution < 1.29 is 0 Å². The van der Waals surface area contributed by atoms with Crippen LogP contribution in [0, 0.1) is 5.41 Å². The Morgan fingerprint density at radius 1 is 1.37 bits per heavy atom. The van der Waals surface area contributed by atoms with Gasteiger partial charge in [0.15, 0.2) is 0 Å². The Kier molecular flexibility index (Phi) is 3.97. The molecule has 1 aromatic rings. The summed E-state index contributed by atoms with van der Waals surface area (Å²) >= 11 is 1.93. The maximum Gasteiger partial charge on any atom is 0.0331 e. The predicted molar refractivity (Wildman–Crippen MR) is 82.6 cm³/mol. The molecule has 1 unspecified atom stereocenters. The number of nitrogens with two attached hydrogens (primary N) is 1. The van der Waals surface area contributed by atoms with E-state index in [1.165, 1.54) is 51.6 Å². The van der Waals surface area contributed by atoms with Gasteiger partial charge in [0, 0.05) is 24.0 Å². The number of fused-ring (bicyclic) bond motifs is 1. The molecule has 1 aliphatic carbocycles. The van der Waals surface area contributed by atoms with Gasteiger partial charge in [-0.05, 0) is 55.2 Å². The first-order chi connectivity index (χ1) is 9.24. The first-order valence-corrected chi connectivity index (χ1v) is 8.62. The molecular formula is C16H26N2S. The zero-order valence-corrected chi connectivity index (χ0v) is 12.8. The van der Waals surface area contributed by atoms with E-state index in [1.807, 2.05) is 11.3 Å². The van der Waals surface area contributed by atoms with Crippen molar-refractivity contribution in [1.82, 2.24) is 4.90 Å². The van der Waals surface area contributed by atoms with Gasteiger partial charge in [-0.3, -0.25) is 4.90 Å². The molecule has 2 nitrogen and oxygen atoms in total. The van der Waals surface area contributed by atoms with Gasteiger partial charge in [-0.15, -0.1) is 11.3 Å². The molecule has 2 heterocycles. The first-order valence-electron chi connectivity index (χ1n) is 7.74. The van der Waals surface area contributed by atoms with Gasteiger partial charge >= 0.3 is 0 Å². The average molecular weight is 278 g/mol. The van der Waals surface area contributed by atoms with Crippen LogP contribution in [-0.4, -0.2) is 24.5 Å². The van der Waals surface area contributed by atoms with E-state index >= 15 is 0 Å². The summed E-state index contributed by atoms with van der Waals surface area (Å²) in [7, 11) is 0. The van der Waals surface area contributed by atoms with E-state index in [4.69, 9.17) is 5.73 Å². The van der Waals surface area contributed by atoms with Crippen LogP contribution in [0.1, 0.15) is 55.5 Å². The zero-order valence-electron chi connectivity index (χ0n) is 12.0. The number of thiophene rings is 1. The quantitative estimate of drug-likeness (QED) is 0.915. The van der Waals surface area contributed by atoms with Crippen molar-refractivity contribution in [1.29, 1.82) is 0 Å². The first kappa shape index (κ1) is 13.6. The minimum atomic E-state index is 0.403. The largest absolute Gasteiger partial charge is 0.330 e. The summed E-state index contributed by atoms with van der Waals surface area (Å²) in [5.74, 6) is 0. The summed E-state index contributed by atoms with van der Waals surface area (Å²) in [6, 6.07) is 2.91. The number of nitrogens with zero attached hydrogens (tertiary/aromatic N) is 1. The van der Waals surface area contributed by atoms with Gasteiger partial charge in [0.1, 0.15) is 0 Å². The van der Waals surface area contributed by atoms with Crippen LogP contribution in [0.3, 0.4) is 0 Å². The number of hydrogen-bond donors (Lipinski definition) is 1. The zero-order chi connectivity index (χ0) is 13.3. The molecule has 19 heavy (non-hydrogen) atoms. The average Bonchev–Trinajstić information content (AvgIpc) is 2.92. The molecule has 1 saturated carbocycles. The Balaban J connectivity index is 1.73. The van der Waals surface area contributed by atoms with Gasteiger partial charge < -0.3 is 5.73 Å². The summed E-state index contributed by atoms with van der Waals surface area (Å²) < 4.78 is 0. The fourth-order valence-corrected chi connectivity index (χ4v) is 4.90. The lowest BCUT2D eigenvalue weighted by atomic mass is 9.73. The maximum atomic E-state index is 6.15. The SMILES string of the molecule is CC1c2ccsc2CCN1CC1(CN)CCCCC1. The van der Waals surface area contributed by atoms with Crippen LogP contribution in [0.2, 0.25) is 0 Å². The molecule has 0 aromatic carbocycles. The standard InChI is InChI=1S/C16H26N2S/c1-13-14-6-10-19-15(14)5-9-18(13)12-16(11-17)7-3-2-4-8-16/h6,10,13H,2-5,7-9,11-12,17H2,1H3. The third-order valence-electron chi connectivity index (χ3n) is 5.29. The highest BCUT2D eigenvalue weighted by Crippen LogP contribution is 2.40. The van der Waals surface area contributed by atoms with Crippen LogP contribution in [0.15, 0.2) is 11.4 Å². The predicted octanol–water partition coefficient (Wildman–Crippen LogP) is 3.58. The molecule has 0 saturated heterocycles. The molecule has 3 heteroatoms. The number of rotatable bonds is 3.